The fraction of sp³-hybridized carbons (Fsp3) is 0.312. The Morgan fingerprint density at radius 1 is 1.46 bits per heavy atom. The summed E-state index contributed by atoms with van der Waals surface area (Å²) in [5.74, 6) is 1.25. The van der Waals surface area contributed by atoms with Gasteiger partial charge in [0.05, 0.1) is 17.5 Å². The summed E-state index contributed by atoms with van der Waals surface area (Å²) in [4.78, 5) is 28.9. The highest BCUT2D eigenvalue weighted by molar-refractivity contribution is 8.39. The number of amides is 1. The predicted molar refractivity (Wildman–Crippen MR) is 101 cm³/mol. The molecule has 1 aromatic heterocycles. The Kier molecular flexibility index (Phi) is 5.47. The Morgan fingerprint density at radius 3 is 2.92 bits per heavy atom. The van der Waals surface area contributed by atoms with Gasteiger partial charge in [0.25, 0.3) is 5.56 Å². The van der Waals surface area contributed by atoms with Crippen molar-refractivity contribution >= 4 is 39.6 Å². The van der Waals surface area contributed by atoms with Crippen LogP contribution in [0.4, 0.5) is 5.82 Å². The normalized spacial score (nSPS) is 15.1. The van der Waals surface area contributed by atoms with Gasteiger partial charge in [0.2, 0.25) is 5.91 Å². The molecule has 126 valence electrons. The highest BCUT2D eigenvalue weighted by Gasteiger charge is 2.22. The minimum absolute atomic E-state index is 0.126. The van der Waals surface area contributed by atoms with E-state index >= 15 is 0 Å². The van der Waals surface area contributed by atoms with Gasteiger partial charge >= 0.3 is 0 Å². The van der Waals surface area contributed by atoms with E-state index in [1.807, 2.05) is 37.3 Å². The molecule has 6 nitrogen and oxygen atoms in total. The number of aromatic nitrogens is 2. The van der Waals surface area contributed by atoms with Gasteiger partial charge in [-0.15, -0.1) is 0 Å². The molecule has 2 aromatic rings. The molecule has 2 heterocycles. The second-order valence-electron chi connectivity index (χ2n) is 5.18. The number of anilines is 1. The van der Waals surface area contributed by atoms with Crippen LogP contribution >= 0.6 is 23.5 Å². The van der Waals surface area contributed by atoms with Crippen LogP contribution in [0, 0.1) is 0 Å². The number of aromatic amines is 1. The molecule has 24 heavy (non-hydrogen) atoms. The molecule has 0 saturated heterocycles. The largest absolute Gasteiger partial charge is 0.310 e. The van der Waals surface area contributed by atoms with Crippen LogP contribution in [0.5, 0.6) is 0 Å². The van der Waals surface area contributed by atoms with Gasteiger partial charge in [0.1, 0.15) is 10.2 Å². The number of carbonyl (C=O) groups is 1. The number of aliphatic imine (C=N–C) groups is 1. The lowest BCUT2D eigenvalue weighted by molar-refractivity contribution is -0.115. The average molecular weight is 362 g/mol. The molecule has 1 aliphatic heterocycles. The van der Waals surface area contributed by atoms with Crippen molar-refractivity contribution in [1.29, 1.82) is 0 Å². The highest BCUT2D eigenvalue weighted by Crippen LogP contribution is 2.28. The lowest BCUT2D eigenvalue weighted by Gasteiger charge is -2.13. The molecule has 0 saturated carbocycles. The third-order valence-corrected chi connectivity index (χ3v) is 6.02. The van der Waals surface area contributed by atoms with Crippen LogP contribution in [-0.2, 0) is 4.79 Å². The quantitative estimate of drug-likeness (QED) is 0.857. The van der Waals surface area contributed by atoms with Crippen molar-refractivity contribution in [3.8, 4) is 5.69 Å². The Morgan fingerprint density at radius 2 is 2.25 bits per heavy atom. The van der Waals surface area contributed by atoms with Crippen molar-refractivity contribution < 1.29 is 4.79 Å². The van der Waals surface area contributed by atoms with E-state index in [1.165, 1.54) is 22.5 Å². The summed E-state index contributed by atoms with van der Waals surface area (Å²) in [7, 11) is 0. The van der Waals surface area contributed by atoms with E-state index in [9.17, 15) is 9.59 Å². The first kappa shape index (κ1) is 16.9. The Balaban J connectivity index is 1.71. The standard InChI is InChI=1S/C16H18N4O2S2/c1-2-12(24-16-17-8-9-23-16)15(22)18-13-10-14(21)20(19-13)11-6-4-3-5-7-11/h3-7,10,12,19H,2,8-9H2,1H3,(H,18,22). The first-order chi connectivity index (χ1) is 11.7. The number of nitrogens with one attached hydrogen (secondary N) is 2. The van der Waals surface area contributed by atoms with Gasteiger partial charge in [0, 0.05) is 11.8 Å². The van der Waals surface area contributed by atoms with E-state index in [4.69, 9.17) is 0 Å². The summed E-state index contributed by atoms with van der Waals surface area (Å²) >= 11 is 3.17. The molecule has 1 unspecified atom stereocenters. The first-order valence-corrected chi connectivity index (χ1v) is 9.56. The monoisotopic (exact) mass is 362 g/mol. The van der Waals surface area contributed by atoms with Crippen LogP contribution < -0.4 is 10.9 Å². The van der Waals surface area contributed by atoms with E-state index in [2.05, 4.69) is 15.4 Å². The number of H-pyrrole nitrogens is 1. The smallest absolute Gasteiger partial charge is 0.273 e. The number of benzene rings is 1. The van der Waals surface area contributed by atoms with E-state index in [0.717, 1.165) is 22.4 Å². The van der Waals surface area contributed by atoms with Gasteiger partial charge in [-0.3, -0.25) is 19.7 Å². The van der Waals surface area contributed by atoms with Crippen molar-refractivity contribution in [2.75, 3.05) is 17.6 Å². The fourth-order valence-electron chi connectivity index (χ4n) is 2.27. The summed E-state index contributed by atoms with van der Waals surface area (Å²) in [5, 5.41) is 5.50. The predicted octanol–water partition coefficient (Wildman–Crippen LogP) is 2.72. The minimum atomic E-state index is -0.224. The summed E-state index contributed by atoms with van der Waals surface area (Å²) in [6.07, 6.45) is 0.694. The second-order valence-corrected chi connectivity index (χ2v) is 7.71. The van der Waals surface area contributed by atoms with E-state index < -0.39 is 0 Å². The maximum absolute atomic E-state index is 12.5. The zero-order chi connectivity index (χ0) is 16.9. The zero-order valence-electron chi connectivity index (χ0n) is 13.2. The van der Waals surface area contributed by atoms with Crippen LogP contribution in [0.2, 0.25) is 0 Å². The minimum Gasteiger partial charge on any atom is -0.310 e. The molecule has 1 aliphatic rings. The molecule has 3 rings (SSSR count). The molecule has 1 aromatic carbocycles. The van der Waals surface area contributed by atoms with Crippen LogP contribution in [-0.4, -0.2) is 37.6 Å². The van der Waals surface area contributed by atoms with Gasteiger partial charge in [0.15, 0.2) is 0 Å². The maximum atomic E-state index is 12.5. The van der Waals surface area contributed by atoms with Gasteiger partial charge < -0.3 is 5.32 Å². The molecular weight excluding hydrogens is 344 g/mol. The summed E-state index contributed by atoms with van der Waals surface area (Å²) in [5.41, 5.74) is 0.508. The number of rotatable bonds is 5. The number of hydrogen-bond donors (Lipinski definition) is 2. The van der Waals surface area contributed by atoms with Crippen molar-refractivity contribution in [2.45, 2.75) is 18.6 Å². The number of thioether (sulfide) groups is 2. The van der Waals surface area contributed by atoms with E-state index in [-0.39, 0.29) is 16.7 Å². The summed E-state index contributed by atoms with van der Waals surface area (Å²) < 4.78 is 2.37. The topological polar surface area (TPSA) is 79.2 Å². The summed E-state index contributed by atoms with van der Waals surface area (Å²) in [6, 6.07) is 10.6. The van der Waals surface area contributed by atoms with E-state index in [0.29, 0.717) is 12.2 Å². The van der Waals surface area contributed by atoms with Crippen LogP contribution in [0.1, 0.15) is 13.3 Å². The number of hydrogen-bond acceptors (Lipinski definition) is 5. The molecule has 8 heteroatoms. The Hall–Kier alpha value is -1.93. The maximum Gasteiger partial charge on any atom is 0.273 e. The molecule has 0 spiro atoms. The van der Waals surface area contributed by atoms with Crippen molar-refractivity contribution in [3.05, 3.63) is 46.8 Å². The lowest BCUT2D eigenvalue weighted by Crippen LogP contribution is -2.25. The SMILES string of the molecule is CCC(SC1=NCCS1)C(=O)Nc1cc(=O)n(-c2ccccc2)[nH]1. The summed E-state index contributed by atoms with van der Waals surface area (Å²) in [6.45, 7) is 2.79. The van der Waals surface area contributed by atoms with Gasteiger partial charge in [-0.1, -0.05) is 48.6 Å². The van der Waals surface area contributed by atoms with Gasteiger partial charge in [-0.25, -0.2) is 4.68 Å². The zero-order valence-corrected chi connectivity index (χ0v) is 14.8. The first-order valence-electron chi connectivity index (χ1n) is 7.69. The van der Waals surface area contributed by atoms with Crippen molar-refractivity contribution in [1.82, 2.24) is 9.78 Å². The Labute approximate surface area is 148 Å². The van der Waals surface area contributed by atoms with Gasteiger partial charge in [-0.2, -0.15) is 0 Å². The Bertz CT molecular complexity index is 798. The van der Waals surface area contributed by atoms with Crippen molar-refractivity contribution in [3.63, 3.8) is 0 Å². The highest BCUT2D eigenvalue weighted by atomic mass is 32.2. The fourth-order valence-corrected chi connectivity index (χ4v) is 4.42. The van der Waals surface area contributed by atoms with E-state index in [1.54, 1.807) is 11.8 Å². The second kappa shape index (κ2) is 7.76. The molecule has 0 aliphatic carbocycles. The molecule has 1 amide bonds. The van der Waals surface area contributed by atoms with Crippen molar-refractivity contribution in [2.24, 2.45) is 4.99 Å². The molecule has 1 atom stereocenters. The van der Waals surface area contributed by atoms with Crippen LogP contribution in [0.15, 0.2) is 46.2 Å². The molecule has 0 fully saturated rings. The molecule has 0 radical (unpaired) electrons. The molecular formula is C16H18N4O2S2. The lowest BCUT2D eigenvalue weighted by atomic mass is 10.3. The van der Waals surface area contributed by atoms with Gasteiger partial charge in [-0.05, 0) is 18.6 Å². The van der Waals surface area contributed by atoms with Crippen LogP contribution in [0.25, 0.3) is 5.69 Å². The molecule has 0 bridgehead atoms. The van der Waals surface area contributed by atoms with Crippen LogP contribution in [0.3, 0.4) is 0 Å². The number of carbonyl (C=O) groups excluding carboxylic acids is 1. The average Bonchev–Trinajstić information content (AvgIpc) is 3.23. The third-order valence-electron chi connectivity index (χ3n) is 3.46. The number of nitrogens with zero attached hydrogens (tertiary/aromatic N) is 2. The molecule has 2 N–H and O–H groups in total. The third kappa shape index (κ3) is 3.93. The number of para-hydroxylation sites is 1.